The van der Waals surface area contributed by atoms with E-state index in [9.17, 15) is 0 Å². The molecule has 1 aromatic carbocycles. The van der Waals surface area contributed by atoms with Crippen molar-refractivity contribution < 1.29 is 4.74 Å². The fraction of sp³-hybridized carbons (Fsp3) is 0.250. The second-order valence-corrected chi connectivity index (χ2v) is 5.43. The van der Waals surface area contributed by atoms with Crippen molar-refractivity contribution in [1.29, 1.82) is 0 Å². The third kappa shape index (κ3) is 3.60. The van der Waals surface area contributed by atoms with E-state index in [0.717, 1.165) is 10.6 Å². The Morgan fingerprint density at radius 3 is 2.84 bits per heavy atom. The van der Waals surface area contributed by atoms with Crippen LogP contribution >= 0.6 is 11.3 Å². The average Bonchev–Trinajstić information content (AvgIpc) is 2.86. The number of rotatable bonds is 3. The van der Waals surface area contributed by atoms with Gasteiger partial charge in [0.05, 0.1) is 11.4 Å². The van der Waals surface area contributed by atoms with E-state index in [1.165, 1.54) is 16.0 Å². The van der Waals surface area contributed by atoms with Crippen molar-refractivity contribution in [2.24, 2.45) is 5.73 Å². The van der Waals surface area contributed by atoms with Crippen LogP contribution in [0.3, 0.4) is 0 Å². The summed E-state index contributed by atoms with van der Waals surface area (Å²) in [6.45, 7) is 5.15. The number of benzene rings is 1. The number of nitrogens with two attached hydrogens (primary N) is 1. The van der Waals surface area contributed by atoms with Gasteiger partial charge in [0.2, 0.25) is 0 Å². The van der Waals surface area contributed by atoms with Crippen LogP contribution in [-0.4, -0.2) is 6.54 Å². The topological polar surface area (TPSA) is 35.2 Å². The summed E-state index contributed by atoms with van der Waals surface area (Å²) >= 11 is 1.65. The summed E-state index contributed by atoms with van der Waals surface area (Å²) in [6, 6.07) is 10.2. The quantitative estimate of drug-likeness (QED) is 0.870. The van der Waals surface area contributed by atoms with Gasteiger partial charge in [-0.15, -0.1) is 11.3 Å². The van der Waals surface area contributed by atoms with Crippen molar-refractivity contribution in [2.75, 3.05) is 6.54 Å². The zero-order chi connectivity index (χ0) is 13.7. The number of aryl methyl sites for hydroxylation is 1. The lowest BCUT2D eigenvalue weighted by atomic mass is 10.1. The second-order valence-electron chi connectivity index (χ2n) is 4.26. The zero-order valence-electron chi connectivity index (χ0n) is 11.2. The Labute approximate surface area is 118 Å². The number of thiophene rings is 1. The van der Waals surface area contributed by atoms with Crippen LogP contribution in [0.15, 0.2) is 30.3 Å². The fourth-order valence-corrected chi connectivity index (χ4v) is 2.49. The maximum absolute atomic E-state index is 5.86. The highest BCUT2D eigenvalue weighted by Gasteiger charge is 2.03. The number of hydrogen-bond acceptors (Lipinski definition) is 3. The first-order chi connectivity index (χ1) is 9.20. The normalized spacial score (nSPS) is 9.84. The highest BCUT2D eigenvalue weighted by molar-refractivity contribution is 7.12. The van der Waals surface area contributed by atoms with Gasteiger partial charge in [0.25, 0.3) is 0 Å². The minimum atomic E-state index is 0.395. The van der Waals surface area contributed by atoms with Gasteiger partial charge in [0.15, 0.2) is 0 Å². The van der Waals surface area contributed by atoms with Gasteiger partial charge in [0, 0.05) is 4.88 Å². The summed E-state index contributed by atoms with van der Waals surface area (Å²) in [5.41, 5.74) is 7.80. The molecular formula is C16H17NOS. The predicted molar refractivity (Wildman–Crippen MR) is 80.5 cm³/mol. The van der Waals surface area contributed by atoms with Crippen molar-refractivity contribution in [1.82, 2.24) is 0 Å². The van der Waals surface area contributed by atoms with E-state index in [-0.39, 0.29) is 0 Å². The molecule has 3 heteroatoms. The molecule has 0 radical (unpaired) electrons. The van der Waals surface area contributed by atoms with Gasteiger partial charge in [-0.05, 0) is 43.2 Å². The monoisotopic (exact) mass is 271 g/mol. The molecule has 0 spiro atoms. The molecule has 2 aromatic rings. The van der Waals surface area contributed by atoms with Crippen molar-refractivity contribution in [2.45, 2.75) is 20.5 Å². The van der Waals surface area contributed by atoms with Crippen LogP contribution in [-0.2, 0) is 6.61 Å². The van der Waals surface area contributed by atoms with Crippen LogP contribution in [0.5, 0.6) is 5.75 Å². The van der Waals surface area contributed by atoms with Gasteiger partial charge >= 0.3 is 0 Å². The van der Waals surface area contributed by atoms with Crippen LogP contribution in [0.4, 0.5) is 0 Å². The molecule has 0 aliphatic rings. The minimum Gasteiger partial charge on any atom is -0.488 e. The summed E-state index contributed by atoms with van der Waals surface area (Å²) in [5.74, 6) is 6.83. The molecule has 0 bridgehead atoms. The first-order valence-corrected chi connectivity index (χ1v) is 6.99. The standard InChI is InChI=1S/C16H17NOS/c1-12-5-3-7-16(13(12)2)18-11-15-9-8-14(19-15)6-4-10-17/h3,5,7-9H,10-11,17H2,1-2H3. The summed E-state index contributed by atoms with van der Waals surface area (Å²) < 4.78 is 5.86. The molecule has 0 saturated carbocycles. The Morgan fingerprint density at radius 2 is 2.05 bits per heavy atom. The average molecular weight is 271 g/mol. The molecule has 0 aliphatic heterocycles. The molecule has 0 fully saturated rings. The molecule has 98 valence electrons. The molecule has 2 N–H and O–H groups in total. The highest BCUT2D eigenvalue weighted by atomic mass is 32.1. The summed E-state index contributed by atoms with van der Waals surface area (Å²) in [6.07, 6.45) is 0. The van der Waals surface area contributed by atoms with Gasteiger partial charge in [-0.25, -0.2) is 0 Å². The zero-order valence-corrected chi connectivity index (χ0v) is 12.0. The molecule has 0 unspecified atom stereocenters. The van der Waals surface area contributed by atoms with Crippen LogP contribution in [0.1, 0.15) is 20.9 Å². The Hall–Kier alpha value is -1.76. The highest BCUT2D eigenvalue weighted by Crippen LogP contribution is 2.23. The SMILES string of the molecule is Cc1cccc(OCc2ccc(C#CCN)s2)c1C. The van der Waals surface area contributed by atoms with E-state index < -0.39 is 0 Å². The first-order valence-electron chi connectivity index (χ1n) is 6.17. The van der Waals surface area contributed by atoms with Gasteiger partial charge in [-0.3, -0.25) is 0 Å². The molecular weight excluding hydrogens is 254 g/mol. The molecule has 19 heavy (non-hydrogen) atoms. The van der Waals surface area contributed by atoms with Crippen molar-refractivity contribution >= 4 is 11.3 Å². The third-order valence-corrected chi connectivity index (χ3v) is 3.87. The minimum absolute atomic E-state index is 0.395. The van der Waals surface area contributed by atoms with Crippen molar-refractivity contribution in [3.63, 3.8) is 0 Å². The van der Waals surface area contributed by atoms with Crippen LogP contribution in [0.25, 0.3) is 0 Å². The van der Waals surface area contributed by atoms with E-state index in [1.54, 1.807) is 11.3 Å². The lowest BCUT2D eigenvalue weighted by Gasteiger charge is -2.09. The number of ether oxygens (including phenoxy) is 1. The summed E-state index contributed by atoms with van der Waals surface area (Å²) in [7, 11) is 0. The van der Waals surface area contributed by atoms with Crippen molar-refractivity contribution in [3.8, 4) is 17.6 Å². The lowest BCUT2D eigenvalue weighted by Crippen LogP contribution is -1.95. The number of hydrogen-bond donors (Lipinski definition) is 1. The van der Waals surface area contributed by atoms with E-state index in [0.29, 0.717) is 13.2 Å². The molecule has 0 aliphatic carbocycles. The maximum Gasteiger partial charge on any atom is 0.123 e. The summed E-state index contributed by atoms with van der Waals surface area (Å²) in [4.78, 5) is 2.20. The Kier molecular flexibility index (Phi) is 4.62. The maximum atomic E-state index is 5.86. The van der Waals surface area contributed by atoms with E-state index in [2.05, 4.69) is 37.8 Å². The van der Waals surface area contributed by atoms with Crippen LogP contribution in [0.2, 0.25) is 0 Å². The van der Waals surface area contributed by atoms with E-state index in [4.69, 9.17) is 10.5 Å². The van der Waals surface area contributed by atoms with Crippen molar-refractivity contribution in [3.05, 3.63) is 51.2 Å². The molecule has 0 saturated heterocycles. The lowest BCUT2D eigenvalue weighted by molar-refractivity contribution is 0.307. The first kappa shape index (κ1) is 13.7. The van der Waals surface area contributed by atoms with Crippen LogP contribution in [0, 0.1) is 25.7 Å². The Balaban J connectivity index is 2.02. The van der Waals surface area contributed by atoms with Gasteiger partial charge in [0.1, 0.15) is 12.4 Å². The predicted octanol–water partition coefficient (Wildman–Crippen LogP) is 3.25. The van der Waals surface area contributed by atoms with Gasteiger partial charge < -0.3 is 10.5 Å². The molecule has 0 atom stereocenters. The second kappa shape index (κ2) is 6.42. The molecule has 1 aromatic heterocycles. The largest absolute Gasteiger partial charge is 0.488 e. The smallest absolute Gasteiger partial charge is 0.123 e. The van der Waals surface area contributed by atoms with Crippen LogP contribution < -0.4 is 10.5 Å². The summed E-state index contributed by atoms with van der Waals surface area (Å²) in [5, 5.41) is 0. The molecule has 2 rings (SSSR count). The molecule has 2 nitrogen and oxygen atoms in total. The van der Waals surface area contributed by atoms with E-state index >= 15 is 0 Å². The Morgan fingerprint density at radius 1 is 1.21 bits per heavy atom. The fourth-order valence-electron chi connectivity index (χ4n) is 1.69. The molecule has 0 amide bonds. The molecule has 1 heterocycles. The third-order valence-electron chi connectivity index (χ3n) is 2.90. The van der Waals surface area contributed by atoms with Gasteiger partial charge in [-0.2, -0.15) is 0 Å². The van der Waals surface area contributed by atoms with E-state index in [1.807, 2.05) is 18.2 Å². The van der Waals surface area contributed by atoms with Gasteiger partial charge in [-0.1, -0.05) is 24.0 Å². The Bertz CT molecular complexity index is 619.